The summed E-state index contributed by atoms with van der Waals surface area (Å²) in [6.45, 7) is 13.2. The van der Waals surface area contributed by atoms with Gasteiger partial charge < -0.3 is 15.0 Å². The maximum atomic E-state index is 12.5. The van der Waals surface area contributed by atoms with E-state index in [1.165, 1.54) is 5.56 Å². The summed E-state index contributed by atoms with van der Waals surface area (Å²) in [5, 5.41) is 5.91. The Morgan fingerprint density at radius 3 is 2.70 bits per heavy atom. The zero-order chi connectivity index (χ0) is 20.0. The molecule has 148 valence electrons. The van der Waals surface area contributed by atoms with Gasteiger partial charge in [0.2, 0.25) is 0 Å². The van der Waals surface area contributed by atoms with Crippen molar-refractivity contribution in [2.75, 3.05) is 0 Å². The monoisotopic (exact) mass is 389 g/mol. The number of nitrogens with zero attached hydrogens (tertiary/aromatic N) is 2. The van der Waals surface area contributed by atoms with Crippen molar-refractivity contribution < 1.29 is 9.53 Å². The first-order valence-corrected chi connectivity index (χ1v) is 10.4. The normalized spacial score (nSPS) is 12.1. The SMILES string of the molecule is CCC(C)N(Cc1csc(COc2cccc(C)c2C)n1)C(=O)NC(C)C. The molecule has 2 amide bonds. The van der Waals surface area contributed by atoms with Gasteiger partial charge in [-0.25, -0.2) is 9.78 Å². The molecule has 2 rings (SSSR count). The van der Waals surface area contributed by atoms with E-state index in [-0.39, 0.29) is 18.1 Å². The van der Waals surface area contributed by atoms with Crippen LogP contribution in [0.1, 0.15) is 55.9 Å². The van der Waals surface area contributed by atoms with Crippen LogP contribution in [0.15, 0.2) is 23.6 Å². The summed E-state index contributed by atoms with van der Waals surface area (Å²) >= 11 is 1.57. The van der Waals surface area contributed by atoms with Crippen LogP contribution in [-0.4, -0.2) is 28.0 Å². The highest BCUT2D eigenvalue weighted by molar-refractivity contribution is 7.09. The molecule has 1 aromatic heterocycles. The lowest BCUT2D eigenvalue weighted by Crippen LogP contribution is -2.46. The molecule has 0 saturated heterocycles. The third-order valence-corrected chi connectivity index (χ3v) is 5.50. The Hall–Kier alpha value is -2.08. The second-order valence-corrected chi connectivity index (χ2v) is 8.15. The van der Waals surface area contributed by atoms with Gasteiger partial charge in [0, 0.05) is 17.5 Å². The molecule has 0 aliphatic rings. The van der Waals surface area contributed by atoms with Gasteiger partial charge in [0.05, 0.1) is 12.2 Å². The summed E-state index contributed by atoms with van der Waals surface area (Å²) in [4.78, 5) is 19.0. The lowest BCUT2D eigenvalue weighted by atomic mass is 10.1. The summed E-state index contributed by atoms with van der Waals surface area (Å²) in [6.07, 6.45) is 0.901. The maximum absolute atomic E-state index is 12.5. The first kappa shape index (κ1) is 21.2. The van der Waals surface area contributed by atoms with E-state index in [1.807, 2.05) is 36.3 Å². The Morgan fingerprint density at radius 2 is 2.04 bits per heavy atom. The Balaban J connectivity index is 2.02. The van der Waals surface area contributed by atoms with Gasteiger partial charge in [-0.15, -0.1) is 11.3 Å². The minimum atomic E-state index is -0.0412. The highest BCUT2D eigenvalue weighted by atomic mass is 32.1. The third-order valence-electron chi connectivity index (χ3n) is 4.63. The molecule has 1 aromatic carbocycles. The Labute approximate surface area is 166 Å². The fraction of sp³-hybridized carbons (Fsp3) is 0.524. The van der Waals surface area contributed by atoms with Crippen molar-refractivity contribution >= 4 is 17.4 Å². The van der Waals surface area contributed by atoms with E-state index in [0.717, 1.165) is 28.4 Å². The number of amides is 2. The van der Waals surface area contributed by atoms with Crippen LogP contribution >= 0.6 is 11.3 Å². The molecule has 5 nitrogen and oxygen atoms in total. The van der Waals surface area contributed by atoms with E-state index < -0.39 is 0 Å². The van der Waals surface area contributed by atoms with Crippen LogP contribution in [0, 0.1) is 13.8 Å². The molecular formula is C21H31N3O2S. The Morgan fingerprint density at radius 1 is 1.30 bits per heavy atom. The fourth-order valence-electron chi connectivity index (χ4n) is 2.66. The lowest BCUT2D eigenvalue weighted by molar-refractivity contribution is 0.170. The molecule has 6 heteroatoms. The number of ether oxygens (including phenoxy) is 1. The Kier molecular flexibility index (Phi) is 7.66. The molecule has 0 spiro atoms. The van der Waals surface area contributed by atoms with Gasteiger partial charge in [-0.2, -0.15) is 0 Å². The number of benzene rings is 1. The number of aromatic nitrogens is 1. The quantitative estimate of drug-likeness (QED) is 0.687. The third kappa shape index (κ3) is 5.96. The van der Waals surface area contributed by atoms with Crippen LogP contribution in [0.25, 0.3) is 0 Å². The number of thiazole rings is 1. The van der Waals surface area contributed by atoms with E-state index >= 15 is 0 Å². The molecule has 1 atom stereocenters. The molecule has 0 saturated carbocycles. The zero-order valence-corrected chi connectivity index (χ0v) is 18.0. The number of aryl methyl sites for hydroxylation is 1. The number of carbonyl (C=O) groups is 1. The van der Waals surface area contributed by atoms with Crippen LogP contribution in [0.4, 0.5) is 4.79 Å². The summed E-state index contributed by atoms with van der Waals surface area (Å²) in [5.74, 6) is 0.893. The summed E-state index contributed by atoms with van der Waals surface area (Å²) < 4.78 is 5.95. The van der Waals surface area contributed by atoms with Crippen molar-refractivity contribution in [1.82, 2.24) is 15.2 Å². The average Bonchev–Trinajstić information content (AvgIpc) is 3.07. The molecule has 1 N–H and O–H groups in total. The number of hydrogen-bond donors (Lipinski definition) is 1. The van der Waals surface area contributed by atoms with Crippen LogP contribution in [0.3, 0.4) is 0 Å². The van der Waals surface area contributed by atoms with Crippen molar-refractivity contribution in [3.05, 3.63) is 45.4 Å². The van der Waals surface area contributed by atoms with Crippen molar-refractivity contribution in [3.63, 3.8) is 0 Å². The highest BCUT2D eigenvalue weighted by Crippen LogP contribution is 2.23. The van der Waals surface area contributed by atoms with Crippen molar-refractivity contribution in [2.45, 2.75) is 73.2 Å². The van der Waals surface area contributed by atoms with Crippen molar-refractivity contribution in [1.29, 1.82) is 0 Å². The summed E-state index contributed by atoms with van der Waals surface area (Å²) in [7, 11) is 0. The number of urea groups is 1. The van der Waals surface area contributed by atoms with Crippen molar-refractivity contribution in [3.8, 4) is 5.75 Å². The van der Waals surface area contributed by atoms with E-state index in [1.54, 1.807) is 11.3 Å². The van der Waals surface area contributed by atoms with Gasteiger partial charge in [-0.05, 0) is 58.2 Å². The maximum Gasteiger partial charge on any atom is 0.318 e. The number of hydrogen-bond acceptors (Lipinski definition) is 4. The molecule has 0 aliphatic heterocycles. The van der Waals surface area contributed by atoms with Gasteiger partial charge >= 0.3 is 6.03 Å². The number of carbonyl (C=O) groups excluding carboxylic acids is 1. The minimum Gasteiger partial charge on any atom is -0.486 e. The predicted molar refractivity (Wildman–Crippen MR) is 111 cm³/mol. The van der Waals surface area contributed by atoms with Gasteiger partial charge in [-0.1, -0.05) is 19.1 Å². The second-order valence-electron chi connectivity index (χ2n) is 7.21. The second kappa shape index (κ2) is 9.74. The van der Waals surface area contributed by atoms with Gasteiger partial charge in [0.1, 0.15) is 17.4 Å². The van der Waals surface area contributed by atoms with Crippen LogP contribution in [-0.2, 0) is 13.2 Å². The van der Waals surface area contributed by atoms with Crippen molar-refractivity contribution in [2.24, 2.45) is 0 Å². The summed E-state index contributed by atoms with van der Waals surface area (Å²) in [6, 6.07) is 6.29. The van der Waals surface area contributed by atoms with Gasteiger partial charge in [-0.3, -0.25) is 0 Å². The van der Waals surface area contributed by atoms with Crippen LogP contribution in [0.5, 0.6) is 5.75 Å². The minimum absolute atomic E-state index is 0.0412. The van der Waals surface area contributed by atoms with E-state index in [9.17, 15) is 4.79 Å². The van der Waals surface area contributed by atoms with Gasteiger partial charge in [0.25, 0.3) is 0 Å². The van der Waals surface area contributed by atoms with E-state index in [0.29, 0.717) is 13.2 Å². The predicted octanol–water partition coefficient (Wildman–Crippen LogP) is 5.06. The lowest BCUT2D eigenvalue weighted by Gasteiger charge is -2.29. The fourth-order valence-corrected chi connectivity index (χ4v) is 3.36. The largest absolute Gasteiger partial charge is 0.486 e. The molecule has 27 heavy (non-hydrogen) atoms. The molecule has 0 aliphatic carbocycles. The molecule has 0 fully saturated rings. The topological polar surface area (TPSA) is 54.5 Å². The standard InChI is InChI=1S/C21H31N3O2S/c1-7-16(5)24(21(25)22-14(2)3)11-18-13-27-20(23-18)12-26-19-10-8-9-15(4)17(19)6/h8-10,13-14,16H,7,11-12H2,1-6H3,(H,22,25). The molecular weight excluding hydrogens is 358 g/mol. The Bertz CT molecular complexity index is 758. The zero-order valence-electron chi connectivity index (χ0n) is 17.2. The van der Waals surface area contributed by atoms with Crippen LogP contribution < -0.4 is 10.1 Å². The van der Waals surface area contributed by atoms with E-state index in [2.05, 4.69) is 44.1 Å². The molecule has 1 unspecified atom stereocenters. The van der Waals surface area contributed by atoms with Gasteiger partial charge in [0.15, 0.2) is 0 Å². The first-order valence-electron chi connectivity index (χ1n) is 9.51. The van der Waals surface area contributed by atoms with Crippen LogP contribution in [0.2, 0.25) is 0 Å². The smallest absolute Gasteiger partial charge is 0.318 e. The highest BCUT2D eigenvalue weighted by Gasteiger charge is 2.21. The van der Waals surface area contributed by atoms with E-state index in [4.69, 9.17) is 4.74 Å². The molecule has 0 radical (unpaired) electrons. The number of rotatable bonds is 8. The molecule has 1 heterocycles. The number of nitrogens with one attached hydrogen (secondary N) is 1. The summed E-state index contributed by atoms with van der Waals surface area (Å²) in [5.41, 5.74) is 3.27. The molecule has 2 aromatic rings. The average molecular weight is 390 g/mol. The first-order chi connectivity index (χ1) is 12.8. The molecule has 0 bridgehead atoms.